The molecule has 3 rings (SSSR count). The maximum atomic E-state index is 13.2. The van der Waals surface area contributed by atoms with Gasteiger partial charge in [0.05, 0.1) is 6.04 Å². The van der Waals surface area contributed by atoms with E-state index in [0.717, 1.165) is 28.8 Å². The highest BCUT2D eigenvalue weighted by atomic mass is 35.5. The van der Waals surface area contributed by atoms with Crippen LogP contribution in [-0.4, -0.2) is 31.3 Å². The van der Waals surface area contributed by atoms with Gasteiger partial charge in [-0.25, -0.2) is 4.79 Å². The van der Waals surface area contributed by atoms with Crippen molar-refractivity contribution in [2.75, 3.05) is 18.1 Å². The molecule has 0 spiro atoms. The van der Waals surface area contributed by atoms with Crippen molar-refractivity contribution in [3.05, 3.63) is 70.8 Å². The number of carbonyl (C=O) groups is 2. The van der Waals surface area contributed by atoms with E-state index in [4.69, 9.17) is 26.8 Å². The number of halogens is 1. The van der Waals surface area contributed by atoms with Crippen molar-refractivity contribution < 1.29 is 19.1 Å². The number of hydrogen-bond donors (Lipinski definition) is 1. The van der Waals surface area contributed by atoms with Crippen LogP contribution >= 0.6 is 11.6 Å². The second-order valence-corrected chi connectivity index (χ2v) is 8.26. The minimum Gasteiger partial charge on any atom is -0.430 e. The second-order valence-electron chi connectivity index (χ2n) is 7.85. The van der Waals surface area contributed by atoms with Crippen LogP contribution in [0.3, 0.4) is 0 Å². The number of rotatable bonds is 6. The van der Waals surface area contributed by atoms with E-state index in [-0.39, 0.29) is 24.7 Å². The van der Waals surface area contributed by atoms with Crippen molar-refractivity contribution in [1.29, 1.82) is 0 Å². The molecule has 1 amide bonds. The highest BCUT2D eigenvalue weighted by Gasteiger charge is 2.30. The SMILES string of the molecule is C=CCOC(=O)Oc1cc(C)c(CC(N)C(=O)N2CC(C)Cc3ccccc32)c(Cl)c1. The lowest BCUT2D eigenvalue weighted by atomic mass is 9.92. The summed E-state index contributed by atoms with van der Waals surface area (Å²) in [5.41, 5.74) is 9.92. The molecule has 2 unspecified atom stereocenters. The molecule has 2 aromatic carbocycles. The molecule has 7 heteroatoms. The molecule has 6 nitrogen and oxygen atoms in total. The van der Waals surface area contributed by atoms with E-state index in [9.17, 15) is 9.59 Å². The lowest BCUT2D eigenvalue weighted by Crippen LogP contribution is -2.48. The Labute approximate surface area is 187 Å². The molecule has 0 bridgehead atoms. The van der Waals surface area contributed by atoms with Gasteiger partial charge < -0.3 is 20.1 Å². The third-order valence-electron chi connectivity index (χ3n) is 5.26. The molecule has 0 saturated carbocycles. The molecule has 0 fully saturated rings. The maximum absolute atomic E-state index is 13.2. The molecule has 2 aromatic rings. The molecule has 1 heterocycles. The topological polar surface area (TPSA) is 81.9 Å². The van der Waals surface area contributed by atoms with Crippen LogP contribution in [0.5, 0.6) is 5.75 Å². The quantitative estimate of drug-likeness (QED) is 0.406. The first-order valence-corrected chi connectivity index (χ1v) is 10.6. The fourth-order valence-electron chi connectivity index (χ4n) is 3.83. The van der Waals surface area contributed by atoms with Crippen LogP contribution in [0, 0.1) is 12.8 Å². The van der Waals surface area contributed by atoms with E-state index in [1.54, 1.807) is 11.0 Å². The first-order chi connectivity index (χ1) is 14.8. The minimum atomic E-state index is -0.840. The minimum absolute atomic E-state index is 0.0544. The van der Waals surface area contributed by atoms with Crippen LogP contribution < -0.4 is 15.4 Å². The second kappa shape index (κ2) is 9.98. The molecule has 31 heavy (non-hydrogen) atoms. The molecule has 2 N–H and O–H groups in total. The monoisotopic (exact) mass is 442 g/mol. The predicted octanol–water partition coefficient (Wildman–Crippen LogP) is 4.45. The third-order valence-corrected chi connectivity index (χ3v) is 5.60. The van der Waals surface area contributed by atoms with Crippen LogP contribution in [0.15, 0.2) is 49.1 Å². The Balaban J connectivity index is 1.74. The summed E-state index contributed by atoms with van der Waals surface area (Å²) in [5, 5.41) is 0.377. The van der Waals surface area contributed by atoms with E-state index in [0.29, 0.717) is 17.5 Å². The van der Waals surface area contributed by atoms with Gasteiger partial charge in [0.25, 0.3) is 0 Å². The predicted molar refractivity (Wildman–Crippen MR) is 122 cm³/mol. The lowest BCUT2D eigenvalue weighted by molar-refractivity contribution is -0.120. The summed E-state index contributed by atoms with van der Waals surface area (Å²) in [4.78, 5) is 26.6. The number of nitrogens with two attached hydrogens (primary N) is 1. The van der Waals surface area contributed by atoms with Crippen LogP contribution in [0.4, 0.5) is 10.5 Å². The summed E-state index contributed by atoms with van der Waals surface area (Å²) in [7, 11) is 0. The molecule has 164 valence electrons. The molecule has 0 aromatic heterocycles. The summed E-state index contributed by atoms with van der Waals surface area (Å²) in [6, 6.07) is 10.4. The number of ether oxygens (including phenoxy) is 2. The summed E-state index contributed by atoms with van der Waals surface area (Å²) in [5.74, 6) is 0.482. The first-order valence-electron chi connectivity index (χ1n) is 10.2. The number of carbonyl (C=O) groups excluding carboxylic acids is 2. The van der Waals surface area contributed by atoms with E-state index in [1.165, 1.54) is 12.1 Å². The van der Waals surface area contributed by atoms with Gasteiger partial charge >= 0.3 is 6.16 Å². The Hall–Kier alpha value is -2.83. The summed E-state index contributed by atoms with van der Waals surface area (Å²) < 4.78 is 9.94. The van der Waals surface area contributed by atoms with Crippen molar-refractivity contribution >= 4 is 29.4 Å². The smallest absolute Gasteiger partial charge is 0.430 e. The lowest BCUT2D eigenvalue weighted by Gasteiger charge is -2.34. The molecule has 0 saturated heterocycles. The number of aryl methyl sites for hydroxylation is 1. The van der Waals surface area contributed by atoms with E-state index < -0.39 is 12.2 Å². The van der Waals surface area contributed by atoms with Gasteiger partial charge in [-0.15, -0.1) is 0 Å². The Kier molecular flexibility index (Phi) is 7.36. The van der Waals surface area contributed by atoms with Gasteiger partial charge in [-0.2, -0.15) is 0 Å². The number of para-hydroxylation sites is 1. The maximum Gasteiger partial charge on any atom is 0.514 e. The molecular formula is C24H27ClN2O4. The summed E-state index contributed by atoms with van der Waals surface area (Å²) in [6.07, 6.45) is 1.82. The molecular weight excluding hydrogens is 416 g/mol. The van der Waals surface area contributed by atoms with Crippen LogP contribution in [0.25, 0.3) is 0 Å². The number of hydrogen-bond acceptors (Lipinski definition) is 5. The molecule has 2 atom stereocenters. The van der Waals surface area contributed by atoms with Gasteiger partial charge in [-0.1, -0.05) is 49.4 Å². The van der Waals surface area contributed by atoms with Crippen molar-refractivity contribution in [3.63, 3.8) is 0 Å². The van der Waals surface area contributed by atoms with Gasteiger partial charge in [0.15, 0.2) is 0 Å². The van der Waals surface area contributed by atoms with Crippen molar-refractivity contribution in [3.8, 4) is 5.75 Å². The van der Waals surface area contributed by atoms with Crippen molar-refractivity contribution in [1.82, 2.24) is 0 Å². The van der Waals surface area contributed by atoms with Gasteiger partial charge in [0.1, 0.15) is 12.4 Å². The zero-order valence-electron chi connectivity index (χ0n) is 17.8. The highest BCUT2D eigenvalue weighted by molar-refractivity contribution is 6.31. The molecule has 0 radical (unpaired) electrons. The van der Waals surface area contributed by atoms with Crippen LogP contribution in [0.1, 0.15) is 23.6 Å². The summed E-state index contributed by atoms with van der Waals surface area (Å²) in [6.45, 7) is 8.12. The Morgan fingerprint density at radius 3 is 2.81 bits per heavy atom. The normalized spacial score (nSPS) is 16.3. The van der Waals surface area contributed by atoms with Crippen molar-refractivity contribution in [2.45, 2.75) is 32.7 Å². The van der Waals surface area contributed by atoms with E-state index >= 15 is 0 Å². The number of fused-ring (bicyclic) bond motifs is 1. The molecule has 1 aliphatic rings. The van der Waals surface area contributed by atoms with Crippen LogP contribution in [-0.2, 0) is 22.4 Å². The number of nitrogens with zero attached hydrogens (tertiary/aromatic N) is 1. The van der Waals surface area contributed by atoms with Crippen LogP contribution in [0.2, 0.25) is 5.02 Å². The molecule has 0 aliphatic carbocycles. The Bertz CT molecular complexity index is 968. The first kappa shape index (κ1) is 22.8. The number of anilines is 1. The van der Waals surface area contributed by atoms with Gasteiger partial charge in [0.2, 0.25) is 5.91 Å². The fourth-order valence-corrected chi connectivity index (χ4v) is 4.16. The standard InChI is InChI=1S/C24H27ClN2O4/c1-4-9-30-24(29)31-18-11-16(3)19(20(25)12-18)13-21(26)23(28)27-14-15(2)10-17-7-5-6-8-22(17)27/h4-8,11-12,15,21H,1,9-10,13-14,26H2,2-3H3. The number of benzene rings is 2. The van der Waals surface area contributed by atoms with Gasteiger partial charge in [-0.3, -0.25) is 4.79 Å². The van der Waals surface area contributed by atoms with Crippen molar-refractivity contribution in [2.24, 2.45) is 11.7 Å². The third kappa shape index (κ3) is 5.46. The van der Waals surface area contributed by atoms with E-state index in [1.807, 2.05) is 25.1 Å². The Morgan fingerprint density at radius 1 is 1.35 bits per heavy atom. The highest BCUT2D eigenvalue weighted by Crippen LogP contribution is 2.31. The summed E-state index contributed by atoms with van der Waals surface area (Å²) >= 11 is 6.43. The zero-order chi connectivity index (χ0) is 22.5. The largest absolute Gasteiger partial charge is 0.514 e. The van der Waals surface area contributed by atoms with E-state index in [2.05, 4.69) is 19.6 Å². The number of amides is 1. The zero-order valence-corrected chi connectivity index (χ0v) is 18.5. The average Bonchev–Trinajstić information content (AvgIpc) is 2.73. The fraction of sp³-hybridized carbons (Fsp3) is 0.333. The molecule has 1 aliphatic heterocycles. The van der Waals surface area contributed by atoms with Gasteiger partial charge in [-0.05, 0) is 60.6 Å². The Morgan fingerprint density at radius 2 is 2.10 bits per heavy atom. The average molecular weight is 443 g/mol. The van der Waals surface area contributed by atoms with Gasteiger partial charge in [0, 0.05) is 17.3 Å².